The second-order valence-corrected chi connectivity index (χ2v) is 6.15. The van der Waals surface area contributed by atoms with Gasteiger partial charge in [-0.15, -0.1) is 20.4 Å². The van der Waals surface area contributed by atoms with E-state index in [0.29, 0.717) is 34.1 Å². The van der Waals surface area contributed by atoms with E-state index in [-0.39, 0.29) is 11.6 Å². The number of aromatic nitrogens is 4. The molecule has 0 aliphatic carbocycles. The van der Waals surface area contributed by atoms with Crippen molar-refractivity contribution in [3.05, 3.63) is 59.2 Å². The van der Waals surface area contributed by atoms with Gasteiger partial charge < -0.3 is 29.2 Å². The number of methoxy groups -OCH3 is 4. The maximum Gasteiger partial charge on any atom is 0.206 e. The Labute approximate surface area is 173 Å². The van der Waals surface area contributed by atoms with E-state index in [0.717, 1.165) is 0 Å². The number of rotatable bonds is 8. The summed E-state index contributed by atoms with van der Waals surface area (Å²) >= 11 is 0. The Morgan fingerprint density at radius 2 is 0.900 bits per heavy atom. The SMILES string of the molecule is COc1ccc(C(O)c2nnc(C(O)c3ccc(OC)c(OC)c3)nn2)cc1OC. The summed E-state index contributed by atoms with van der Waals surface area (Å²) in [5, 5.41) is 36.8. The van der Waals surface area contributed by atoms with Gasteiger partial charge in [0, 0.05) is 0 Å². The number of ether oxygens (including phenoxy) is 4. The minimum absolute atomic E-state index is 0.0227. The van der Waals surface area contributed by atoms with Gasteiger partial charge in [-0.1, -0.05) is 12.1 Å². The van der Waals surface area contributed by atoms with Crippen LogP contribution in [-0.2, 0) is 0 Å². The zero-order chi connectivity index (χ0) is 21.7. The Morgan fingerprint density at radius 1 is 0.567 bits per heavy atom. The van der Waals surface area contributed by atoms with Crippen molar-refractivity contribution in [3.8, 4) is 23.0 Å². The molecule has 2 N–H and O–H groups in total. The second kappa shape index (κ2) is 9.33. The lowest BCUT2D eigenvalue weighted by Gasteiger charge is -2.14. The third kappa shape index (κ3) is 4.24. The van der Waals surface area contributed by atoms with Crippen LogP contribution >= 0.6 is 0 Å². The third-order valence-electron chi connectivity index (χ3n) is 4.45. The van der Waals surface area contributed by atoms with E-state index in [1.165, 1.54) is 28.4 Å². The molecule has 0 aliphatic rings. The van der Waals surface area contributed by atoms with E-state index in [4.69, 9.17) is 18.9 Å². The van der Waals surface area contributed by atoms with Crippen molar-refractivity contribution in [3.63, 3.8) is 0 Å². The van der Waals surface area contributed by atoms with Gasteiger partial charge in [-0.05, 0) is 35.4 Å². The summed E-state index contributed by atoms with van der Waals surface area (Å²) in [5.74, 6) is 1.92. The second-order valence-electron chi connectivity index (χ2n) is 6.15. The molecular weight excluding hydrogens is 392 g/mol. The molecule has 3 aromatic rings. The quantitative estimate of drug-likeness (QED) is 0.559. The molecule has 2 unspecified atom stereocenters. The van der Waals surface area contributed by atoms with Crippen LogP contribution < -0.4 is 18.9 Å². The van der Waals surface area contributed by atoms with E-state index in [1.54, 1.807) is 36.4 Å². The molecule has 0 fully saturated rings. The topological polar surface area (TPSA) is 129 Å². The van der Waals surface area contributed by atoms with Gasteiger partial charge in [0.1, 0.15) is 12.2 Å². The summed E-state index contributed by atoms with van der Waals surface area (Å²) in [5.41, 5.74) is 0.953. The van der Waals surface area contributed by atoms with Crippen LogP contribution in [0.4, 0.5) is 0 Å². The Morgan fingerprint density at radius 3 is 1.20 bits per heavy atom. The smallest absolute Gasteiger partial charge is 0.206 e. The number of aliphatic hydroxyl groups is 2. The molecule has 0 saturated carbocycles. The van der Waals surface area contributed by atoms with Gasteiger partial charge in [0.2, 0.25) is 11.6 Å². The molecule has 1 aromatic heterocycles. The monoisotopic (exact) mass is 414 g/mol. The van der Waals surface area contributed by atoms with Crippen LogP contribution in [0.25, 0.3) is 0 Å². The van der Waals surface area contributed by atoms with Gasteiger partial charge in [0.05, 0.1) is 28.4 Å². The van der Waals surface area contributed by atoms with E-state index >= 15 is 0 Å². The van der Waals surface area contributed by atoms with Crippen molar-refractivity contribution in [1.82, 2.24) is 20.4 Å². The molecular formula is C20H22N4O6. The van der Waals surface area contributed by atoms with Crippen LogP contribution in [-0.4, -0.2) is 59.0 Å². The highest BCUT2D eigenvalue weighted by atomic mass is 16.5. The van der Waals surface area contributed by atoms with E-state index < -0.39 is 12.2 Å². The molecule has 1 heterocycles. The van der Waals surface area contributed by atoms with Crippen molar-refractivity contribution < 1.29 is 29.2 Å². The van der Waals surface area contributed by atoms with Crippen molar-refractivity contribution in [1.29, 1.82) is 0 Å². The molecule has 10 heteroatoms. The first kappa shape index (κ1) is 21.2. The zero-order valence-corrected chi connectivity index (χ0v) is 16.9. The van der Waals surface area contributed by atoms with Crippen LogP contribution in [0.3, 0.4) is 0 Å². The first-order valence-corrected chi connectivity index (χ1v) is 8.89. The highest BCUT2D eigenvalue weighted by molar-refractivity contribution is 5.45. The summed E-state index contributed by atoms with van der Waals surface area (Å²) in [4.78, 5) is 0. The summed E-state index contributed by atoms with van der Waals surface area (Å²) in [6.07, 6.45) is -2.37. The Kier molecular flexibility index (Phi) is 6.60. The fourth-order valence-electron chi connectivity index (χ4n) is 2.81. The molecule has 30 heavy (non-hydrogen) atoms. The van der Waals surface area contributed by atoms with Crippen LogP contribution in [0.15, 0.2) is 36.4 Å². The molecule has 0 saturated heterocycles. The van der Waals surface area contributed by atoms with Gasteiger partial charge in [-0.25, -0.2) is 0 Å². The molecule has 0 radical (unpaired) electrons. The van der Waals surface area contributed by atoms with Crippen LogP contribution in [0.5, 0.6) is 23.0 Å². The molecule has 0 amide bonds. The normalized spacial score (nSPS) is 12.7. The van der Waals surface area contributed by atoms with Gasteiger partial charge in [0.15, 0.2) is 23.0 Å². The third-order valence-corrected chi connectivity index (χ3v) is 4.45. The summed E-state index contributed by atoms with van der Waals surface area (Å²) < 4.78 is 20.8. The number of aliphatic hydroxyl groups excluding tert-OH is 2. The van der Waals surface area contributed by atoms with Crippen LogP contribution in [0, 0.1) is 0 Å². The van der Waals surface area contributed by atoms with Crippen molar-refractivity contribution in [2.75, 3.05) is 28.4 Å². The molecule has 2 atom stereocenters. The van der Waals surface area contributed by atoms with Crippen molar-refractivity contribution in [2.45, 2.75) is 12.2 Å². The Bertz CT molecular complexity index is 919. The Balaban J connectivity index is 1.82. The largest absolute Gasteiger partial charge is 0.493 e. The predicted molar refractivity (Wildman–Crippen MR) is 105 cm³/mol. The summed E-state index contributed by atoms with van der Waals surface area (Å²) in [6, 6.07) is 9.85. The fourth-order valence-corrected chi connectivity index (χ4v) is 2.81. The number of benzene rings is 2. The minimum atomic E-state index is -1.18. The van der Waals surface area contributed by atoms with Gasteiger partial charge in [0.25, 0.3) is 0 Å². The van der Waals surface area contributed by atoms with Gasteiger partial charge in [-0.2, -0.15) is 0 Å². The van der Waals surface area contributed by atoms with E-state index in [1.807, 2.05) is 0 Å². The van der Waals surface area contributed by atoms with Crippen LogP contribution in [0.2, 0.25) is 0 Å². The number of nitrogens with zero attached hydrogens (tertiary/aromatic N) is 4. The molecule has 158 valence electrons. The lowest BCUT2D eigenvalue weighted by molar-refractivity contribution is 0.192. The minimum Gasteiger partial charge on any atom is -0.493 e. The van der Waals surface area contributed by atoms with Crippen molar-refractivity contribution in [2.24, 2.45) is 0 Å². The first-order chi connectivity index (χ1) is 14.5. The molecule has 3 rings (SSSR count). The summed E-state index contributed by atoms with van der Waals surface area (Å²) in [7, 11) is 6.04. The number of hydrogen-bond acceptors (Lipinski definition) is 10. The maximum atomic E-state index is 10.6. The lowest BCUT2D eigenvalue weighted by atomic mass is 10.1. The molecule has 0 bridgehead atoms. The maximum absolute atomic E-state index is 10.6. The lowest BCUT2D eigenvalue weighted by Crippen LogP contribution is -2.14. The highest BCUT2D eigenvalue weighted by Gasteiger charge is 2.21. The number of hydrogen-bond donors (Lipinski definition) is 2. The highest BCUT2D eigenvalue weighted by Crippen LogP contribution is 2.32. The average molecular weight is 414 g/mol. The van der Waals surface area contributed by atoms with Gasteiger partial charge in [-0.3, -0.25) is 0 Å². The van der Waals surface area contributed by atoms with E-state index in [2.05, 4.69) is 20.4 Å². The van der Waals surface area contributed by atoms with Crippen molar-refractivity contribution >= 4 is 0 Å². The predicted octanol–water partition coefficient (Wildman–Crippen LogP) is 1.46. The first-order valence-electron chi connectivity index (χ1n) is 8.89. The zero-order valence-electron chi connectivity index (χ0n) is 16.9. The standard InChI is InChI=1S/C20H22N4O6/c1-27-13-7-5-11(9-15(13)29-3)17(25)19-21-23-20(24-22-19)18(26)12-6-8-14(28-2)16(10-12)30-4/h5-10,17-18,25-26H,1-4H3. The molecule has 0 spiro atoms. The molecule has 2 aromatic carbocycles. The average Bonchev–Trinajstić information content (AvgIpc) is 2.82. The molecule has 10 nitrogen and oxygen atoms in total. The fraction of sp³-hybridized carbons (Fsp3) is 0.300. The molecule has 0 aliphatic heterocycles. The Hall–Kier alpha value is -3.50. The summed E-state index contributed by atoms with van der Waals surface area (Å²) in [6.45, 7) is 0. The van der Waals surface area contributed by atoms with Gasteiger partial charge >= 0.3 is 0 Å². The van der Waals surface area contributed by atoms with E-state index in [9.17, 15) is 10.2 Å². The van der Waals surface area contributed by atoms with Crippen LogP contribution in [0.1, 0.15) is 35.0 Å².